The van der Waals surface area contributed by atoms with Crippen molar-refractivity contribution in [1.82, 2.24) is 9.55 Å². The highest BCUT2D eigenvalue weighted by molar-refractivity contribution is 14.1. The highest BCUT2D eigenvalue weighted by Gasteiger charge is 2.08. The standard InChI is InChI=1S/C16H14IN3O/c1-11-8-12(17)6-7-13(11)19-16(21)9-20-10-18-14-4-2-3-5-15(14)20/h2-8,10H,9H2,1H3,(H,19,21). The maximum absolute atomic E-state index is 12.2. The Hall–Kier alpha value is -1.89. The Labute approximate surface area is 136 Å². The van der Waals surface area contributed by atoms with E-state index in [4.69, 9.17) is 0 Å². The van der Waals surface area contributed by atoms with Crippen LogP contribution in [0.2, 0.25) is 0 Å². The minimum Gasteiger partial charge on any atom is -0.324 e. The third kappa shape index (κ3) is 3.07. The average Bonchev–Trinajstić information content (AvgIpc) is 2.85. The molecule has 1 N–H and O–H groups in total. The van der Waals surface area contributed by atoms with Gasteiger partial charge < -0.3 is 9.88 Å². The molecule has 1 heterocycles. The molecule has 106 valence electrons. The Morgan fingerprint density at radius 1 is 1.29 bits per heavy atom. The van der Waals surface area contributed by atoms with Crippen LogP contribution in [0.1, 0.15) is 5.56 Å². The molecule has 0 radical (unpaired) electrons. The second-order valence-electron chi connectivity index (χ2n) is 4.87. The zero-order chi connectivity index (χ0) is 14.8. The van der Waals surface area contributed by atoms with Gasteiger partial charge in [0.15, 0.2) is 0 Å². The van der Waals surface area contributed by atoms with Crippen LogP contribution in [-0.4, -0.2) is 15.5 Å². The molecule has 0 atom stereocenters. The van der Waals surface area contributed by atoms with Gasteiger partial charge in [-0.25, -0.2) is 4.98 Å². The van der Waals surface area contributed by atoms with Crippen molar-refractivity contribution < 1.29 is 4.79 Å². The minimum absolute atomic E-state index is 0.0533. The third-order valence-electron chi connectivity index (χ3n) is 3.30. The fourth-order valence-corrected chi connectivity index (χ4v) is 2.89. The molecule has 0 spiro atoms. The molecule has 21 heavy (non-hydrogen) atoms. The van der Waals surface area contributed by atoms with E-state index in [9.17, 15) is 4.79 Å². The van der Waals surface area contributed by atoms with E-state index in [1.165, 1.54) is 0 Å². The lowest BCUT2D eigenvalue weighted by molar-refractivity contribution is -0.116. The summed E-state index contributed by atoms with van der Waals surface area (Å²) in [6.07, 6.45) is 1.70. The number of para-hydroxylation sites is 2. The van der Waals surface area contributed by atoms with Gasteiger partial charge in [0.2, 0.25) is 5.91 Å². The molecule has 0 aliphatic rings. The Morgan fingerprint density at radius 3 is 2.90 bits per heavy atom. The van der Waals surface area contributed by atoms with E-state index >= 15 is 0 Å². The quantitative estimate of drug-likeness (QED) is 0.694. The van der Waals surface area contributed by atoms with E-state index in [1.54, 1.807) is 6.33 Å². The molecule has 1 aromatic heterocycles. The lowest BCUT2D eigenvalue weighted by atomic mass is 10.2. The van der Waals surface area contributed by atoms with Gasteiger partial charge in [-0.2, -0.15) is 0 Å². The summed E-state index contributed by atoms with van der Waals surface area (Å²) in [4.78, 5) is 16.5. The number of nitrogens with one attached hydrogen (secondary N) is 1. The average molecular weight is 391 g/mol. The van der Waals surface area contributed by atoms with E-state index in [-0.39, 0.29) is 12.5 Å². The van der Waals surface area contributed by atoms with Crippen molar-refractivity contribution in [2.24, 2.45) is 0 Å². The molecule has 0 saturated heterocycles. The van der Waals surface area contributed by atoms with E-state index in [2.05, 4.69) is 32.9 Å². The first-order valence-corrected chi connectivity index (χ1v) is 7.67. The van der Waals surface area contributed by atoms with E-state index in [0.29, 0.717) is 0 Å². The van der Waals surface area contributed by atoms with Crippen molar-refractivity contribution in [2.75, 3.05) is 5.32 Å². The molecule has 0 unspecified atom stereocenters. The Bertz CT molecular complexity index is 810. The van der Waals surface area contributed by atoms with Gasteiger partial charge in [0, 0.05) is 9.26 Å². The lowest BCUT2D eigenvalue weighted by Crippen LogP contribution is -2.18. The van der Waals surface area contributed by atoms with Crippen LogP contribution < -0.4 is 5.32 Å². The molecule has 3 rings (SSSR count). The van der Waals surface area contributed by atoms with Gasteiger partial charge in [0.05, 0.1) is 17.4 Å². The molecule has 2 aromatic carbocycles. The monoisotopic (exact) mass is 391 g/mol. The van der Waals surface area contributed by atoms with Gasteiger partial charge >= 0.3 is 0 Å². The Morgan fingerprint density at radius 2 is 2.10 bits per heavy atom. The summed E-state index contributed by atoms with van der Waals surface area (Å²) in [5, 5.41) is 2.95. The predicted octanol–water partition coefficient (Wildman–Crippen LogP) is 3.59. The van der Waals surface area contributed by atoms with Gasteiger partial charge in [-0.1, -0.05) is 12.1 Å². The number of nitrogens with zero attached hydrogens (tertiary/aromatic N) is 2. The van der Waals surface area contributed by atoms with E-state index in [0.717, 1.165) is 25.9 Å². The molecule has 0 bridgehead atoms. The van der Waals surface area contributed by atoms with Gasteiger partial charge in [-0.05, 0) is 65.4 Å². The van der Waals surface area contributed by atoms with Crippen molar-refractivity contribution in [3.8, 4) is 0 Å². The maximum atomic E-state index is 12.2. The molecule has 0 saturated carbocycles. The fraction of sp³-hybridized carbons (Fsp3) is 0.125. The number of benzene rings is 2. The zero-order valence-electron chi connectivity index (χ0n) is 11.5. The first-order chi connectivity index (χ1) is 10.1. The number of hydrogen-bond donors (Lipinski definition) is 1. The number of aryl methyl sites for hydroxylation is 1. The molecular formula is C16H14IN3O. The van der Waals surface area contributed by atoms with Crippen LogP contribution >= 0.6 is 22.6 Å². The zero-order valence-corrected chi connectivity index (χ0v) is 13.7. The van der Waals surface area contributed by atoms with Crippen LogP contribution in [0.15, 0.2) is 48.8 Å². The largest absolute Gasteiger partial charge is 0.324 e. The lowest BCUT2D eigenvalue weighted by Gasteiger charge is -2.09. The van der Waals surface area contributed by atoms with Gasteiger partial charge in [0.1, 0.15) is 6.54 Å². The van der Waals surface area contributed by atoms with Crippen molar-refractivity contribution in [3.05, 3.63) is 57.9 Å². The summed E-state index contributed by atoms with van der Waals surface area (Å²) in [6, 6.07) is 13.7. The van der Waals surface area contributed by atoms with Gasteiger partial charge in [0.25, 0.3) is 0 Å². The number of amides is 1. The number of hydrogen-bond acceptors (Lipinski definition) is 2. The number of halogens is 1. The molecule has 4 nitrogen and oxygen atoms in total. The van der Waals surface area contributed by atoms with Crippen LogP contribution in [0.4, 0.5) is 5.69 Å². The van der Waals surface area contributed by atoms with Crippen molar-refractivity contribution in [3.63, 3.8) is 0 Å². The number of carbonyl (C=O) groups is 1. The highest BCUT2D eigenvalue weighted by Crippen LogP contribution is 2.18. The number of carbonyl (C=O) groups excluding carboxylic acids is 1. The number of aromatic nitrogens is 2. The van der Waals surface area contributed by atoms with Gasteiger partial charge in [-0.3, -0.25) is 4.79 Å². The number of imidazole rings is 1. The first kappa shape index (κ1) is 14.1. The second kappa shape index (κ2) is 5.85. The number of fused-ring (bicyclic) bond motifs is 1. The smallest absolute Gasteiger partial charge is 0.244 e. The number of anilines is 1. The minimum atomic E-state index is -0.0533. The van der Waals surface area contributed by atoms with Crippen molar-refractivity contribution in [2.45, 2.75) is 13.5 Å². The van der Waals surface area contributed by atoms with Crippen LogP contribution in [0.3, 0.4) is 0 Å². The van der Waals surface area contributed by atoms with Gasteiger partial charge in [-0.15, -0.1) is 0 Å². The molecular weight excluding hydrogens is 377 g/mol. The summed E-state index contributed by atoms with van der Waals surface area (Å²) in [5.41, 5.74) is 3.78. The summed E-state index contributed by atoms with van der Waals surface area (Å²) in [6.45, 7) is 2.25. The molecule has 1 amide bonds. The summed E-state index contributed by atoms with van der Waals surface area (Å²) in [5.74, 6) is -0.0533. The second-order valence-corrected chi connectivity index (χ2v) is 6.11. The highest BCUT2D eigenvalue weighted by atomic mass is 127. The topological polar surface area (TPSA) is 46.9 Å². The predicted molar refractivity (Wildman–Crippen MR) is 92.3 cm³/mol. The summed E-state index contributed by atoms with van der Waals surface area (Å²) < 4.78 is 3.01. The fourth-order valence-electron chi connectivity index (χ4n) is 2.25. The third-order valence-corrected chi connectivity index (χ3v) is 3.97. The molecule has 0 aliphatic heterocycles. The molecule has 5 heteroatoms. The van der Waals surface area contributed by atoms with Crippen LogP contribution in [0, 0.1) is 10.5 Å². The summed E-state index contributed by atoms with van der Waals surface area (Å²) in [7, 11) is 0. The Kier molecular flexibility index (Phi) is 3.92. The van der Waals surface area contributed by atoms with E-state index < -0.39 is 0 Å². The van der Waals surface area contributed by atoms with Crippen LogP contribution in [0.25, 0.3) is 11.0 Å². The summed E-state index contributed by atoms with van der Waals surface area (Å²) >= 11 is 2.26. The molecule has 0 aliphatic carbocycles. The number of rotatable bonds is 3. The van der Waals surface area contributed by atoms with Crippen LogP contribution in [0.5, 0.6) is 0 Å². The first-order valence-electron chi connectivity index (χ1n) is 6.59. The van der Waals surface area contributed by atoms with E-state index in [1.807, 2.05) is 54.0 Å². The Balaban J connectivity index is 1.77. The van der Waals surface area contributed by atoms with Crippen molar-refractivity contribution >= 4 is 45.2 Å². The SMILES string of the molecule is Cc1cc(I)ccc1NC(=O)Cn1cnc2ccccc21. The van der Waals surface area contributed by atoms with Crippen LogP contribution in [-0.2, 0) is 11.3 Å². The maximum Gasteiger partial charge on any atom is 0.244 e. The normalized spacial score (nSPS) is 10.8. The molecule has 0 fully saturated rings. The molecule has 3 aromatic rings. The van der Waals surface area contributed by atoms with Crippen molar-refractivity contribution in [1.29, 1.82) is 0 Å².